The number of hydrogen-bond donors (Lipinski definition) is 0. The summed E-state index contributed by atoms with van der Waals surface area (Å²) in [5.41, 5.74) is 1.69. The molecule has 2 rings (SSSR count). The Balaban J connectivity index is 2.11. The van der Waals surface area contributed by atoms with Crippen molar-refractivity contribution >= 4 is 15.9 Å². The zero-order chi connectivity index (χ0) is 13.1. The second-order valence-electron chi connectivity index (χ2n) is 3.94. The van der Waals surface area contributed by atoms with Crippen LogP contribution in [0.15, 0.2) is 40.9 Å². The Bertz CT molecular complexity index is 570. The third-order valence-corrected chi connectivity index (χ3v) is 3.24. The summed E-state index contributed by atoms with van der Waals surface area (Å²) < 4.78 is 32.2. The number of rotatable bonds is 3. The standard InChI is InChI=1S/C14H11BrF2O/c1-9-2-3-11(16)6-10(9)8-18-12-4-5-13(15)14(17)7-12/h2-7H,8H2,1H3. The number of aryl methyl sites for hydroxylation is 1. The van der Waals surface area contributed by atoms with Crippen molar-refractivity contribution in [3.63, 3.8) is 0 Å². The van der Waals surface area contributed by atoms with Gasteiger partial charge < -0.3 is 4.74 Å². The van der Waals surface area contributed by atoms with Crippen molar-refractivity contribution in [2.75, 3.05) is 0 Å². The van der Waals surface area contributed by atoms with Crippen LogP contribution in [-0.4, -0.2) is 0 Å². The Hall–Kier alpha value is -1.42. The number of benzene rings is 2. The Kier molecular flexibility index (Phi) is 3.97. The van der Waals surface area contributed by atoms with E-state index in [2.05, 4.69) is 15.9 Å². The molecule has 0 fully saturated rings. The van der Waals surface area contributed by atoms with E-state index in [0.717, 1.165) is 11.1 Å². The van der Waals surface area contributed by atoms with E-state index in [1.165, 1.54) is 18.2 Å². The van der Waals surface area contributed by atoms with Gasteiger partial charge in [-0.2, -0.15) is 0 Å². The van der Waals surface area contributed by atoms with Crippen LogP contribution in [0.4, 0.5) is 8.78 Å². The summed E-state index contributed by atoms with van der Waals surface area (Å²) in [6.07, 6.45) is 0. The lowest BCUT2D eigenvalue weighted by atomic mass is 10.1. The molecule has 0 spiro atoms. The average molecular weight is 313 g/mol. The van der Waals surface area contributed by atoms with Crippen molar-refractivity contribution in [1.82, 2.24) is 0 Å². The minimum atomic E-state index is -0.386. The highest BCUT2D eigenvalue weighted by Crippen LogP contribution is 2.22. The van der Waals surface area contributed by atoms with Gasteiger partial charge in [-0.25, -0.2) is 8.78 Å². The van der Waals surface area contributed by atoms with Gasteiger partial charge in [-0.05, 0) is 58.2 Å². The first kappa shape index (κ1) is 13.0. The molecule has 0 amide bonds. The minimum absolute atomic E-state index is 0.213. The van der Waals surface area contributed by atoms with Crippen molar-refractivity contribution in [1.29, 1.82) is 0 Å². The molecule has 94 valence electrons. The van der Waals surface area contributed by atoms with Crippen molar-refractivity contribution in [3.8, 4) is 5.75 Å². The first-order chi connectivity index (χ1) is 8.56. The summed E-state index contributed by atoms with van der Waals surface area (Å²) in [6, 6.07) is 9.03. The maximum atomic E-state index is 13.3. The molecule has 1 nitrogen and oxygen atoms in total. The molecule has 0 heterocycles. The molecule has 18 heavy (non-hydrogen) atoms. The molecule has 0 saturated heterocycles. The van der Waals surface area contributed by atoms with Crippen LogP contribution in [0.3, 0.4) is 0 Å². The predicted molar refractivity (Wildman–Crippen MR) is 69.6 cm³/mol. The molecule has 2 aromatic rings. The fourth-order valence-corrected chi connectivity index (χ4v) is 1.77. The van der Waals surface area contributed by atoms with Gasteiger partial charge in [0.05, 0.1) is 4.47 Å². The summed E-state index contributed by atoms with van der Waals surface area (Å²) >= 11 is 3.07. The maximum absolute atomic E-state index is 13.3. The highest BCUT2D eigenvalue weighted by molar-refractivity contribution is 9.10. The van der Waals surface area contributed by atoms with Crippen LogP contribution in [0.2, 0.25) is 0 Å². The Morgan fingerprint density at radius 1 is 1.11 bits per heavy atom. The molecule has 0 aliphatic carbocycles. The van der Waals surface area contributed by atoms with E-state index >= 15 is 0 Å². The zero-order valence-electron chi connectivity index (χ0n) is 9.71. The van der Waals surface area contributed by atoms with Crippen LogP contribution in [0, 0.1) is 18.6 Å². The maximum Gasteiger partial charge on any atom is 0.141 e. The van der Waals surface area contributed by atoms with Crippen LogP contribution < -0.4 is 4.74 Å². The van der Waals surface area contributed by atoms with Gasteiger partial charge in [-0.15, -0.1) is 0 Å². The monoisotopic (exact) mass is 312 g/mol. The van der Waals surface area contributed by atoms with Crippen molar-refractivity contribution in [2.45, 2.75) is 13.5 Å². The normalized spacial score (nSPS) is 10.4. The van der Waals surface area contributed by atoms with E-state index in [4.69, 9.17) is 4.74 Å². The van der Waals surface area contributed by atoms with Gasteiger partial charge in [-0.1, -0.05) is 6.07 Å². The second-order valence-corrected chi connectivity index (χ2v) is 4.79. The van der Waals surface area contributed by atoms with Gasteiger partial charge in [0.25, 0.3) is 0 Å². The van der Waals surface area contributed by atoms with Crippen molar-refractivity contribution in [2.24, 2.45) is 0 Å². The van der Waals surface area contributed by atoms with Crippen molar-refractivity contribution < 1.29 is 13.5 Å². The van der Waals surface area contributed by atoms with Gasteiger partial charge in [0, 0.05) is 6.07 Å². The molecule has 0 unspecified atom stereocenters. The third-order valence-electron chi connectivity index (χ3n) is 2.60. The van der Waals surface area contributed by atoms with Crippen LogP contribution in [0.25, 0.3) is 0 Å². The van der Waals surface area contributed by atoms with Crippen LogP contribution in [0.5, 0.6) is 5.75 Å². The quantitative estimate of drug-likeness (QED) is 0.804. The van der Waals surface area contributed by atoms with E-state index in [1.807, 2.05) is 6.92 Å². The number of hydrogen-bond acceptors (Lipinski definition) is 1. The molecule has 0 N–H and O–H groups in total. The summed E-state index contributed by atoms with van der Waals surface area (Å²) in [7, 11) is 0. The van der Waals surface area contributed by atoms with E-state index in [-0.39, 0.29) is 18.2 Å². The van der Waals surface area contributed by atoms with Gasteiger partial charge in [0.15, 0.2) is 0 Å². The highest BCUT2D eigenvalue weighted by Gasteiger charge is 2.04. The fraction of sp³-hybridized carbons (Fsp3) is 0.143. The van der Waals surface area contributed by atoms with Gasteiger partial charge in [0.1, 0.15) is 24.0 Å². The molecule has 0 aromatic heterocycles. The molecular weight excluding hydrogens is 302 g/mol. The molecule has 0 bridgehead atoms. The second kappa shape index (κ2) is 5.48. The largest absolute Gasteiger partial charge is 0.489 e. The molecule has 0 aliphatic rings. The molecule has 0 saturated carbocycles. The van der Waals surface area contributed by atoms with Crippen LogP contribution in [-0.2, 0) is 6.61 Å². The van der Waals surface area contributed by atoms with Crippen LogP contribution >= 0.6 is 15.9 Å². The van der Waals surface area contributed by atoms with Gasteiger partial charge in [0.2, 0.25) is 0 Å². The molecule has 0 atom stereocenters. The predicted octanol–water partition coefficient (Wildman–Crippen LogP) is 4.61. The SMILES string of the molecule is Cc1ccc(F)cc1COc1ccc(Br)c(F)c1. The van der Waals surface area contributed by atoms with E-state index in [9.17, 15) is 8.78 Å². The van der Waals surface area contributed by atoms with E-state index < -0.39 is 0 Å². The Morgan fingerprint density at radius 2 is 1.89 bits per heavy atom. The summed E-state index contributed by atoms with van der Waals surface area (Å²) in [6.45, 7) is 2.09. The molecular formula is C14H11BrF2O. The summed E-state index contributed by atoms with van der Waals surface area (Å²) in [4.78, 5) is 0. The number of halogens is 3. The van der Waals surface area contributed by atoms with E-state index in [1.54, 1.807) is 18.2 Å². The molecule has 0 aliphatic heterocycles. The van der Waals surface area contributed by atoms with Crippen molar-refractivity contribution in [3.05, 3.63) is 63.6 Å². The lowest BCUT2D eigenvalue weighted by Gasteiger charge is -2.09. The summed E-state index contributed by atoms with van der Waals surface area (Å²) in [5.74, 6) is -0.274. The highest BCUT2D eigenvalue weighted by atomic mass is 79.9. The Labute approximate surface area is 113 Å². The third kappa shape index (κ3) is 3.07. The summed E-state index contributed by atoms with van der Waals surface area (Å²) in [5, 5.41) is 0. The lowest BCUT2D eigenvalue weighted by Crippen LogP contribution is -1.99. The first-order valence-electron chi connectivity index (χ1n) is 5.39. The fourth-order valence-electron chi connectivity index (χ4n) is 1.52. The zero-order valence-corrected chi connectivity index (χ0v) is 11.3. The molecule has 4 heteroatoms. The van der Waals surface area contributed by atoms with Gasteiger partial charge in [-0.3, -0.25) is 0 Å². The lowest BCUT2D eigenvalue weighted by molar-refractivity contribution is 0.303. The molecule has 0 radical (unpaired) electrons. The number of ether oxygens (including phenoxy) is 1. The Morgan fingerprint density at radius 3 is 2.61 bits per heavy atom. The first-order valence-corrected chi connectivity index (χ1v) is 6.18. The topological polar surface area (TPSA) is 9.23 Å². The van der Waals surface area contributed by atoms with Gasteiger partial charge >= 0.3 is 0 Å². The minimum Gasteiger partial charge on any atom is -0.489 e. The molecule has 2 aromatic carbocycles. The average Bonchev–Trinajstić information content (AvgIpc) is 2.34. The smallest absolute Gasteiger partial charge is 0.141 e. The van der Waals surface area contributed by atoms with E-state index in [0.29, 0.717) is 10.2 Å². The van der Waals surface area contributed by atoms with Crippen LogP contribution in [0.1, 0.15) is 11.1 Å².